The Bertz CT molecular complexity index is 845. The van der Waals surface area contributed by atoms with Gasteiger partial charge in [-0.25, -0.2) is 9.59 Å². The van der Waals surface area contributed by atoms with Crippen molar-refractivity contribution in [2.45, 2.75) is 67.8 Å². The molecule has 38 heavy (non-hydrogen) atoms. The van der Waals surface area contributed by atoms with Crippen LogP contribution in [0.1, 0.15) is 76.1 Å². The Morgan fingerprint density at radius 1 is 0.763 bits per heavy atom. The Hall–Kier alpha value is -2.00. The molecule has 2 saturated heterocycles. The van der Waals surface area contributed by atoms with Gasteiger partial charge in [-0.15, -0.1) is 0 Å². The van der Waals surface area contributed by atoms with Gasteiger partial charge in [0.05, 0.1) is 24.3 Å². The lowest BCUT2D eigenvalue weighted by Gasteiger charge is -2.44. The molecule has 2 heterocycles. The molecule has 0 amide bonds. The summed E-state index contributed by atoms with van der Waals surface area (Å²) in [5.41, 5.74) is -0.117. The first kappa shape index (κ1) is 30.5. The lowest BCUT2D eigenvalue weighted by Crippen LogP contribution is -2.53. The lowest BCUT2D eigenvalue weighted by atomic mass is 9.68. The number of hydrogen-bond acceptors (Lipinski definition) is 8. The third-order valence-corrected chi connectivity index (χ3v) is 8.95. The Labute approximate surface area is 228 Å². The molecule has 214 valence electrons. The summed E-state index contributed by atoms with van der Waals surface area (Å²) in [5.74, 6) is -0.0721. The van der Waals surface area contributed by atoms with Gasteiger partial charge in [0.1, 0.15) is 25.7 Å². The number of benzene rings is 1. The molecule has 2 unspecified atom stereocenters. The van der Waals surface area contributed by atoms with Gasteiger partial charge in [-0.05, 0) is 41.9 Å². The van der Waals surface area contributed by atoms with E-state index in [9.17, 15) is 9.59 Å². The van der Waals surface area contributed by atoms with E-state index in [2.05, 4.69) is 66.0 Å². The zero-order chi connectivity index (χ0) is 28.1. The van der Waals surface area contributed by atoms with Crippen molar-refractivity contribution in [1.29, 1.82) is 0 Å². The van der Waals surface area contributed by atoms with Crippen LogP contribution in [0.25, 0.3) is 0 Å². The van der Waals surface area contributed by atoms with Gasteiger partial charge in [-0.1, -0.05) is 61.5 Å². The van der Waals surface area contributed by atoms with Crippen LogP contribution in [-0.4, -0.2) is 63.9 Å². The third-order valence-electron chi connectivity index (χ3n) is 8.95. The lowest BCUT2D eigenvalue weighted by molar-refractivity contribution is -0.104. The van der Waals surface area contributed by atoms with E-state index in [1.54, 1.807) is 24.3 Å². The summed E-state index contributed by atoms with van der Waals surface area (Å²) in [6.07, 6.45) is -0.366. The van der Waals surface area contributed by atoms with E-state index in [-0.39, 0.29) is 60.2 Å². The minimum absolute atomic E-state index is 0.183. The summed E-state index contributed by atoms with van der Waals surface area (Å²) in [5, 5.41) is 6.84. The molecule has 0 aliphatic carbocycles. The molecule has 8 nitrogen and oxygen atoms in total. The van der Waals surface area contributed by atoms with Crippen molar-refractivity contribution >= 4 is 11.9 Å². The molecule has 0 bridgehead atoms. The molecule has 0 radical (unpaired) electrons. The van der Waals surface area contributed by atoms with Crippen LogP contribution in [0.15, 0.2) is 24.3 Å². The Morgan fingerprint density at radius 2 is 1.13 bits per heavy atom. The van der Waals surface area contributed by atoms with Crippen LogP contribution in [-0.2, 0) is 18.9 Å². The van der Waals surface area contributed by atoms with Crippen molar-refractivity contribution in [2.24, 2.45) is 34.5 Å². The Balaban J connectivity index is 1.72. The summed E-state index contributed by atoms with van der Waals surface area (Å²) < 4.78 is 23.7. The number of esters is 2. The number of carbonyl (C=O) groups excluding carboxylic acids is 2. The van der Waals surface area contributed by atoms with Crippen molar-refractivity contribution in [1.82, 2.24) is 10.6 Å². The quantitative estimate of drug-likeness (QED) is 0.380. The number of hydrogen-bond donors (Lipinski definition) is 2. The molecule has 0 saturated carbocycles. The van der Waals surface area contributed by atoms with Crippen LogP contribution >= 0.6 is 0 Å². The average molecular weight is 533 g/mol. The first-order valence-electron chi connectivity index (χ1n) is 14.1. The fourth-order valence-electron chi connectivity index (χ4n) is 6.23. The van der Waals surface area contributed by atoms with Gasteiger partial charge in [-0.3, -0.25) is 10.6 Å². The molecule has 8 heteroatoms. The molecule has 2 atom stereocenters. The van der Waals surface area contributed by atoms with E-state index in [1.165, 1.54) is 0 Å². The van der Waals surface area contributed by atoms with E-state index in [0.717, 1.165) is 13.1 Å². The highest BCUT2D eigenvalue weighted by atomic mass is 16.5. The largest absolute Gasteiger partial charge is 0.461 e. The predicted octanol–water partition coefficient (Wildman–Crippen LogP) is 4.49. The SMILES string of the molecule is CC(C)C(COC(=O)c1cccc(C(=O)OCC(C(C)C)(C(C)C)C2NCCO2)c1)(C(C)C)C1NCCO1. The molecule has 0 spiro atoms. The minimum atomic E-state index is -0.467. The number of nitrogens with one attached hydrogen (secondary N) is 2. The van der Waals surface area contributed by atoms with Crippen molar-refractivity contribution < 1.29 is 28.5 Å². The molecule has 1 aromatic rings. The van der Waals surface area contributed by atoms with Crippen LogP contribution in [0.4, 0.5) is 0 Å². The molecule has 2 fully saturated rings. The summed E-state index contributed by atoms with van der Waals surface area (Å²) in [7, 11) is 0. The van der Waals surface area contributed by atoms with Gasteiger partial charge >= 0.3 is 11.9 Å². The summed E-state index contributed by atoms with van der Waals surface area (Å²) in [6, 6.07) is 6.57. The number of ether oxygens (including phenoxy) is 4. The van der Waals surface area contributed by atoms with Gasteiger partial charge in [0.15, 0.2) is 0 Å². The summed E-state index contributed by atoms with van der Waals surface area (Å²) in [6.45, 7) is 20.3. The van der Waals surface area contributed by atoms with Crippen LogP contribution in [0.5, 0.6) is 0 Å². The van der Waals surface area contributed by atoms with Crippen LogP contribution < -0.4 is 10.6 Å². The normalized spacial score (nSPS) is 20.6. The molecular weight excluding hydrogens is 484 g/mol. The Morgan fingerprint density at radius 3 is 1.42 bits per heavy atom. The maximum absolute atomic E-state index is 13.1. The average Bonchev–Trinajstić information content (AvgIpc) is 3.59. The first-order chi connectivity index (χ1) is 18.0. The fraction of sp³-hybridized carbons (Fsp3) is 0.733. The maximum atomic E-state index is 13.1. The fourth-order valence-corrected chi connectivity index (χ4v) is 6.23. The van der Waals surface area contributed by atoms with Crippen molar-refractivity contribution in [2.75, 3.05) is 39.5 Å². The second-order valence-electron chi connectivity index (χ2n) is 12.0. The van der Waals surface area contributed by atoms with E-state index >= 15 is 0 Å². The van der Waals surface area contributed by atoms with Crippen LogP contribution in [0.3, 0.4) is 0 Å². The first-order valence-corrected chi connectivity index (χ1v) is 14.1. The standard InChI is InChI=1S/C30H48N2O6/c1-19(2)29(20(3)4,27-31-12-14-35-27)17-37-25(33)23-10-9-11-24(16-23)26(34)38-18-30(21(5)6,22(7)8)28-32-13-15-36-28/h9-11,16,19-22,27-28,31-32H,12-15,17-18H2,1-8H3. The van der Waals surface area contributed by atoms with Crippen molar-refractivity contribution in [3.8, 4) is 0 Å². The highest BCUT2D eigenvalue weighted by Crippen LogP contribution is 2.42. The Kier molecular flexibility index (Phi) is 10.4. The number of rotatable bonds is 12. The molecule has 1 aromatic carbocycles. The molecular formula is C30H48N2O6. The van der Waals surface area contributed by atoms with Crippen LogP contribution in [0, 0.1) is 34.5 Å². The maximum Gasteiger partial charge on any atom is 0.338 e. The van der Waals surface area contributed by atoms with Gasteiger partial charge in [-0.2, -0.15) is 0 Å². The van der Waals surface area contributed by atoms with Gasteiger partial charge in [0, 0.05) is 23.9 Å². The molecule has 0 aromatic heterocycles. The van der Waals surface area contributed by atoms with Crippen molar-refractivity contribution in [3.63, 3.8) is 0 Å². The topological polar surface area (TPSA) is 95.1 Å². The zero-order valence-corrected chi connectivity index (χ0v) is 24.5. The summed E-state index contributed by atoms with van der Waals surface area (Å²) >= 11 is 0. The highest BCUT2D eigenvalue weighted by Gasteiger charge is 2.49. The van der Waals surface area contributed by atoms with Gasteiger partial charge < -0.3 is 18.9 Å². The van der Waals surface area contributed by atoms with Crippen LogP contribution in [0.2, 0.25) is 0 Å². The highest BCUT2D eigenvalue weighted by molar-refractivity contribution is 5.95. The second kappa shape index (κ2) is 12.9. The zero-order valence-electron chi connectivity index (χ0n) is 24.5. The van der Waals surface area contributed by atoms with Crippen molar-refractivity contribution in [3.05, 3.63) is 35.4 Å². The molecule has 2 aliphatic rings. The second-order valence-corrected chi connectivity index (χ2v) is 12.0. The molecule has 2 aliphatic heterocycles. The molecule has 3 rings (SSSR count). The van der Waals surface area contributed by atoms with E-state index in [4.69, 9.17) is 18.9 Å². The third kappa shape index (κ3) is 6.09. The molecule has 2 N–H and O–H groups in total. The van der Waals surface area contributed by atoms with E-state index in [1.807, 2.05) is 0 Å². The predicted molar refractivity (Wildman–Crippen MR) is 147 cm³/mol. The summed E-state index contributed by atoms with van der Waals surface area (Å²) in [4.78, 5) is 26.3. The van der Waals surface area contributed by atoms with Gasteiger partial charge in [0.25, 0.3) is 0 Å². The smallest absolute Gasteiger partial charge is 0.338 e. The van der Waals surface area contributed by atoms with E-state index < -0.39 is 11.9 Å². The number of carbonyl (C=O) groups is 2. The van der Waals surface area contributed by atoms with Gasteiger partial charge in [0.2, 0.25) is 0 Å². The monoisotopic (exact) mass is 532 g/mol. The van der Waals surface area contributed by atoms with E-state index in [0.29, 0.717) is 24.3 Å². The minimum Gasteiger partial charge on any atom is -0.461 e.